The van der Waals surface area contributed by atoms with E-state index in [0.29, 0.717) is 18.8 Å². The Hall–Kier alpha value is -1.26. The number of hydrogen-bond acceptors (Lipinski definition) is 3. The molecule has 0 saturated heterocycles. The van der Waals surface area contributed by atoms with Gasteiger partial charge in [-0.15, -0.1) is 0 Å². The Morgan fingerprint density at radius 2 is 2.00 bits per heavy atom. The number of rotatable bonds is 6. The van der Waals surface area contributed by atoms with Gasteiger partial charge in [-0.05, 0) is 19.3 Å². The first-order chi connectivity index (χ1) is 7.38. The molecule has 0 aliphatic rings. The summed E-state index contributed by atoms with van der Waals surface area (Å²) in [6.45, 7) is 6.06. The molecule has 5 heteroatoms. The fourth-order valence-corrected chi connectivity index (χ4v) is 1.31. The third kappa shape index (κ3) is 5.58. The number of hydrogen-bond donors (Lipinski definition) is 2. The normalized spacial score (nSPS) is 13.9. The minimum absolute atomic E-state index is 0.0458. The van der Waals surface area contributed by atoms with Crippen LogP contribution in [-0.4, -0.2) is 34.9 Å². The van der Waals surface area contributed by atoms with E-state index < -0.39 is 0 Å². The van der Waals surface area contributed by atoms with Gasteiger partial charge >= 0.3 is 0 Å². The van der Waals surface area contributed by atoms with E-state index in [1.54, 1.807) is 11.9 Å². The van der Waals surface area contributed by atoms with Gasteiger partial charge in [0, 0.05) is 25.9 Å². The lowest BCUT2D eigenvalue weighted by Crippen LogP contribution is -2.37. The third-order valence-corrected chi connectivity index (χ3v) is 2.62. The SMILES string of the molecule is CC(C)CCC(=O)N(C)C(C)CC(N)=NO. The van der Waals surface area contributed by atoms with Crippen LogP contribution in [0.3, 0.4) is 0 Å². The molecule has 0 aliphatic heterocycles. The molecule has 0 aromatic carbocycles. The highest BCUT2D eigenvalue weighted by Crippen LogP contribution is 2.09. The van der Waals surface area contributed by atoms with E-state index in [-0.39, 0.29) is 17.8 Å². The average molecular weight is 229 g/mol. The summed E-state index contributed by atoms with van der Waals surface area (Å²) in [6, 6.07) is -0.0458. The second kappa shape index (κ2) is 7.09. The maximum absolute atomic E-state index is 11.7. The minimum Gasteiger partial charge on any atom is -0.409 e. The van der Waals surface area contributed by atoms with Crippen molar-refractivity contribution in [1.29, 1.82) is 0 Å². The van der Waals surface area contributed by atoms with Crippen LogP contribution >= 0.6 is 0 Å². The van der Waals surface area contributed by atoms with Crippen molar-refractivity contribution in [3.63, 3.8) is 0 Å². The Morgan fingerprint density at radius 3 is 2.44 bits per heavy atom. The van der Waals surface area contributed by atoms with Crippen molar-refractivity contribution in [2.45, 2.75) is 46.1 Å². The first-order valence-corrected chi connectivity index (χ1v) is 5.60. The number of carbonyl (C=O) groups excluding carboxylic acids is 1. The maximum atomic E-state index is 11.7. The quantitative estimate of drug-likeness (QED) is 0.313. The Morgan fingerprint density at radius 1 is 1.44 bits per heavy atom. The molecule has 3 N–H and O–H groups in total. The first-order valence-electron chi connectivity index (χ1n) is 5.60. The van der Waals surface area contributed by atoms with Gasteiger partial charge in [-0.25, -0.2) is 0 Å². The molecular weight excluding hydrogens is 206 g/mol. The number of amidine groups is 1. The van der Waals surface area contributed by atoms with Gasteiger partial charge in [0.1, 0.15) is 5.84 Å². The Balaban J connectivity index is 4.11. The molecule has 0 saturated carbocycles. The zero-order chi connectivity index (χ0) is 12.7. The van der Waals surface area contributed by atoms with Crippen LogP contribution in [0.15, 0.2) is 5.16 Å². The van der Waals surface area contributed by atoms with Crippen molar-refractivity contribution in [2.75, 3.05) is 7.05 Å². The Labute approximate surface area is 97.3 Å². The van der Waals surface area contributed by atoms with Crippen molar-refractivity contribution in [2.24, 2.45) is 16.8 Å². The van der Waals surface area contributed by atoms with Gasteiger partial charge in [0.25, 0.3) is 0 Å². The second-order valence-corrected chi connectivity index (χ2v) is 4.58. The van der Waals surface area contributed by atoms with E-state index in [4.69, 9.17) is 10.9 Å². The van der Waals surface area contributed by atoms with E-state index in [9.17, 15) is 4.79 Å². The predicted molar refractivity (Wildman–Crippen MR) is 64.3 cm³/mol. The summed E-state index contributed by atoms with van der Waals surface area (Å²) in [6.07, 6.45) is 1.83. The van der Waals surface area contributed by atoms with E-state index in [0.717, 1.165) is 6.42 Å². The molecule has 0 fully saturated rings. The van der Waals surface area contributed by atoms with Gasteiger partial charge < -0.3 is 15.8 Å². The highest BCUT2D eigenvalue weighted by Gasteiger charge is 2.16. The molecule has 16 heavy (non-hydrogen) atoms. The molecule has 1 atom stereocenters. The van der Waals surface area contributed by atoms with Gasteiger partial charge in [0.15, 0.2) is 0 Å². The number of oxime groups is 1. The lowest BCUT2D eigenvalue weighted by molar-refractivity contribution is -0.131. The predicted octanol–water partition coefficient (Wildman–Crippen LogP) is 1.41. The fraction of sp³-hybridized carbons (Fsp3) is 0.818. The molecule has 0 aromatic rings. The molecule has 94 valence electrons. The molecular formula is C11H23N3O2. The summed E-state index contributed by atoms with van der Waals surface area (Å²) in [7, 11) is 1.75. The Bertz CT molecular complexity index is 252. The van der Waals surface area contributed by atoms with Crippen molar-refractivity contribution >= 4 is 11.7 Å². The fourth-order valence-electron chi connectivity index (χ4n) is 1.31. The van der Waals surface area contributed by atoms with Crippen molar-refractivity contribution in [1.82, 2.24) is 4.90 Å². The summed E-state index contributed by atoms with van der Waals surface area (Å²) in [5.41, 5.74) is 5.40. The largest absolute Gasteiger partial charge is 0.409 e. The van der Waals surface area contributed by atoms with Crippen molar-refractivity contribution in [3.8, 4) is 0 Å². The van der Waals surface area contributed by atoms with Crippen LogP contribution in [0.4, 0.5) is 0 Å². The lowest BCUT2D eigenvalue weighted by Gasteiger charge is -2.24. The molecule has 0 aromatic heterocycles. The summed E-state index contributed by atoms with van der Waals surface area (Å²) in [5.74, 6) is 0.777. The van der Waals surface area contributed by atoms with E-state index in [2.05, 4.69) is 19.0 Å². The minimum atomic E-state index is -0.0458. The van der Waals surface area contributed by atoms with Gasteiger partial charge in [0.05, 0.1) is 0 Å². The second-order valence-electron chi connectivity index (χ2n) is 4.58. The third-order valence-electron chi connectivity index (χ3n) is 2.62. The van der Waals surface area contributed by atoms with Crippen LogP contribution in [0.1, 0.15) is 40.0 Å². The first kappa shape index (κ1) is 14.7. The molecule has 1 amide bonds. The van der Waals surface area contributed by atoms with Crippen LogP contribution in [0.2, 0.25) is 0 Å². The molecule has 0 heterocycles. The van der Waals surface area contributed by atoms with Gasteiger partial charge in [-0.1, -0.05) is 19.0 Å². The van der Waals surface area contributed by atoms with E-state index in [1.807, 2.05) is 6.92 Å². The van der Waals surface area contributed by atoms with Gasteiger partial charge in [-0.2, -0.15) is 0 Å². The molecule has 0 rings (SSSR count). The number of nitrogens with two attached hydrogens (primary N) is 1. The topological polar surface area (TPSA) is 78.9 Å². The lowest BCUT2D eigenvalue weighted by atomic mass is 10.1. The number of carbonyl (C=O) groups is 1. The zero-order valence-electron chi connectivity index (χ0n) is 10.6. The molecule has 0 spiro atoms. The van der Waals surface area contributed by atoms with Gasteiger partial charge in [0.2, 0.25) is 5.91 Å². The molecule has 5 nitrogen and oxygen atoms in total. The molecule has 0 radical (unpaired) electrons. The summed E-state index contributed by atoms with van der Waals surface area (Å²) in [5, 5.41) is 11.3. The number of nitrogens with zero attached hydrogens (tertiary/aromatic N) is 2. The maximum Gasteiger partial charge on any atom is 0.222 e. The van der Waals surface area contributed by atoms with Crippen LogP contribution in [-0.2, 0) is 4.79 Å². The highest BCUT2D eigenvalue weighted by atomic mass is 16.4. The van der Waals surface area contributed by atoms with Crippen LogP contribution in [0.25, 0.3) is 0 Å². The van der Waals surface area contributed by atoms with E-state index in [1.165, 1.54) is 0 Å². The smallest absolute Gasteiger partial charge is 0.222 e. The van der Waals surface area contributed by atoms with E-state index >= 15 is 0 Å². The zero-order valence-corrected chi connectivity index (χ0v) is 10.6. The monoisotopic (exact) mass is 229 g/mol. The molecule has 0 bridgehead atoms. The van der Waals surface area contributed by atoms with Gasteiger partial charge in [-0.3, -0.25) is 4.79 Å². The van der Waals surface area contributed by atoms with Crippen molar-refractivity contribution in [3.05, 3.63) is 0 Å². The van der Waals surface area contributed by atoms with Crippen LogP contribution < -0.4 is 5.73 Å². The van der Waals surface area contributed by atoms with Crippen LogP contribution in [0.5, 0.6) is 0 Å². The van der Waals surface area contributed by atoms with Crippen LogP contribution in [0, 0.1) is 5.92 Å². The summed E-state index contributed by atoms with van der Waals surface area (Å²) >= 11 is 0. The summed E-state index contributed by atoms with van der Waals surface area (Å²) < 4.78 is 0. The molecule has 0 aliphatic carbocycles. The standard InChI is InChI=1S/C11H23N3O2/c1-8(2)5-6-11(15)14(4)9(3)7-10(12)13-16/h8-9,16H,5-7H2,1-4H3,(H2,12,13). The molecule has 1 unspecified atom stereocenters. The number of amides is 1. The average Bonchev–Trinajstić information content (AvgIpc) is 2.24. The Kier molecular flexibility index (Phi) is 6.53. The summed E-state index contributed by atoms with van der Waals surface area (Å²) in [4.78, 5) is 13.4. The highest BCUT2D eigenvalue weighted by molar-refractivity contribution is 5.81. The van der Waals surface area contributed by atoms with Crippen molar-refractivity contribution < 1.29 is 10.0 Å².